The van der Waals surface area contributed by atoms with E-state index in [1.165, 1.54) is 25.7 Å². The summed E-state index contributed by atoms with van der Waals surface area (Å²) in [6, 6.07) is 7.92. The van der Waals surface area contributed by atoms with Crippen molar-refractivity contribution in [2.24, 2.45) is 17.8 Å². The third-order valence-electron chi connectivity index (χ3n) is 7.84. The Morgan fingerprint density at radius 1 is 0.897 bits per heavy atom. The fraction of sp³-hybridized carbons (Fsp3) is 0.625. The van der Waals surface area contributed by atoms with Crippen molar-refractivity contribution in [2.45, 2.75) is 63.3 Å². The topological polar surface area (TPSA) is 58.1 Å². The summed E-state index contributed by atoms with van der Waals surface area (Å²) in [7, 11) is 0. The van der Waals surface area contributed by atoms with E-state index in [0.29, 0.717) is 5.69 Å². The normalized spacial score (nSPS) is 33.2. The van der Waals surface area contributed by atoms with Crippen LogP contribution in [0.3, 0.4) is 0 Å². The summed E-state index contributed by atoms with van der Waals surface area (Å²) in [5.41, 5.74) is 2.21. The predicted octanol–water partition coefficient (Wildman–Crippen LogP) is 4.32. The van der Waals surface area contributed by atoms with Gasteiger partial charge in [-0.1, -0.05) is 12.1 Å². The number of benzene rings is 1. The molecule has 0 spiro atoms. The molecule has 1 saturated heterocycles. The highest BCUT2D eigenvalue weighted by atomic mass is 16.2. The van der Waals surface area contributed by atoms with Crippen LogP contribution >= 0.6 is 0 Å². The lowest BCUT2D eigenvalue weighted by atomic mass is 9.53. The van der Waals surface area contributed by atoms with Crippen molar-refractivity contribution >= 4 is 22.8 Å². The van der Waals surface area contributed by atoms with Crippen LogP contribution < -0.4 is 10.2 Å². The van der Waals surface area contributed by atoms with Crippen molar-refractivity contribution < 1.29 is 4.79 Å². The van der Waals surface area contributed by atoms with Crippen LogP contribution in [0.5, 0.6) is 0 Å². The SMILES string of the molecule is O=C(NC12CC3CC(CC(C3)C1)C2)c1nc2ccccc2nc1N1CCCCC1. The van der Waals surface area contributed by atoms with Crippen LogP contribution in [0.25, 0.3) is 11.0 Å². The average molecular weight is 391 g/mol. The van der Waals surface area contributed by atoms with Gasteiger partial charge < -0.3 is 10.2 Å². The monoisotopic (exact) mass is 390 g/mol. The molecule has 5 heteroatoms. The number of nitrogens with one attached hydrogen (secondary N) is 1. The molecule has 1 aliphatic heterocycles. The lowest BCUT2D eigenvalue weighted by Crippen LogP contribution is -2.60. The summed E-state index contributed by atoms with van der Waals surface area (Å²) in [6.07, 6.45) is 11.2. The van der Waals surface area contributed by atoms with Crippen molar-refractivity contribution in [3.63, 3.8) is 0 Å². The van der Waals surface area contributed by atoms with E-state index in [2.05, 4.69) is 10.2 Å². The second-order valence-corrected chi connectivity index (χ2v) is 10.1. The fourth-order valence-corrected chi connectivity index (χ4v) is 7.03. The van der Waals surface area contributed by atoms with Crippen molar-refractivity contribution in [3.05, 3.63) is 30.0 Å². The van der Waals surface area contributed by atoms with Gasteiger partial charge in [-0.2, -0.15) is 0 Å². The average Bonchev–Trinajstić information content (AvgIpc) is 2.72. The van der Waals surface area contributed by atoms with E-state index in [-0.39, 0.29) is 11.4 Å². The Labute approximate surface area is 172 Å². The van der Waals surface area contributed by atoms with Crippen LogP contribution in [0.4, 0.5) is 5.82 Å². The zero-order valence-electron chi connectivity index (χ0n) is 17.1. The Kier molecular flexibility index (Phi) is 4.07. The Bertz CT molecular complexity index is 914. The molecule has 5 aliphatic rings. The Hall–Kier alpha value is -2.17. The van der Waals surface area contributed by atoms with Gasteiger partial charge in [0.15, 0.2) is 11.5 Å². The smallest absolute Gasteiger partial charge is 0.274 e. The highest BCUT2D eigenvalue weighted by Gasteiger charge is 2.51. The first kappa shape index (κ1) is 17.7. The Morgan fingerprint density at radius 3 is 2.10 bits per heavy atom. The first-order chi connectivity index (χ1) is 14.2. The second-order valence-electron chi connectivity index (χ2n) is 10.1. The van der Waals surface area contributed by atoms with Gasteiger partial charge in [0.2, 0.25) is 0 Å². The summed E-state index contributed by atoms with van der Waals surface area (Å²) in [4.78, 5) is 25.6. The second kappa shape index (κ2) is 6.68. The largest absolute Gasteiger partial charge is 0.355 e. The molecule has 1 aromatic heterocycles. The van der Waals surface area contributed by atoms with E-state index in [1.807, 2.05) is 24.3 Å². The third kappa shape index (κ3) is 3.10. The van der Waals surface area contributed by atoms with Gasteiger partial charge >= 0.3 is 0 Å². The minimum Gasteiger partial charge on any atom is -0.355 e. The van der Waals surface area contributed by atoms with Gasteiger partial charge in [0.1, 0.15) is 0 Å². The van der Waals surface area contributed by atoms with Crippen molar-refractivity contribution in [2.75, 3.05) is 18.0 Å². The molecular weight excluding hydrogens is 360 g/mol. The molecule has 2 aromatic rings. The molecule has 152 valence electrons. The minimum atomic E-state index is -0.00854. The van der Waals surface area contributed by atoms with Gasteiger partial charge in [-0.25, -0.2) is 9.97 Å². The first-order valence-corrected chi connectivity index (χ1v) is 11.5. The number of fused-ring (bicyclic) bond motifs is 1. The van der Waals surface area contributed by atoms with Gasteiger partial charge in [-0.3, -0.25) is 4.79 Å². The highest BCUT2D eigenvalue weighted by Crippen LogP contribution is 2.55. The number of hydrogen-bond donors (Lipinski definition) is 1. The van der Waals surface area contributed by atoms with E-state index >= 15 is 0 Å². The number of nitrogens with zero attached hydrogens (tertiary/aromatic N) is 3. The molecule has 0 unspecified atom stereocenters. The molecule has 1 amide bonds. The number of carbonyl (C=O) groups is 1. The van der Waals surface area contributed by atoms with Crippen LogP contribution in [0, 0.1) is 17.8 Å². The Morgan fingerprint density at radius 2 is 1.48 bits per heavy atom. The third-order valence-corrected chi connectivity index (χ3v) is 7.84. The van der Waals surface area contributed by atoms with Crippen molar-refractivity contribution in [1.29, 1.82) is 0 Å². The number of anilines is 1. The zero-order valence-corrected chi connectivity index (χ0v) is 17.1. The quantitative estimate of drug-likeness (QED) is 0.848. The van der Waals surface area contributed by atoms with E-state index in [0.717, 1.165) is 79.8 Å². The molecular formula is C24H30N4O. The summed E-state index contributed by atoms with van der Waals surface area (Å²) >= 11 is 0. The maximum Gasteiger partial charge on any atom is 0.274 e. The molecule has 4 bridgehead atoms. The summed E-state index contributed by atoms with van der Waals surface area (Å²) < 4.78 is 0. The zero-order chi connectivity index (χ0) is 19.4. The minimum absolute atomic E-state index is 0.00166. The Balaban J connectivity index is 1.36. The van der Waals surface area contributed by atoms with Gasteiger partial charge in [0.25, 0.3) is 5.91 Å². The number of carbonyl (C=O) groups excluding carboxylic acids is 1. The van der Waals surface area contributed by atoms with Crippen LogP contribution in [0.15, 0.2) is 24.3 Å². The van der Waals surface area contributed by atoms with Gasteiger partial charge in [-0.05, 0) is 87.7 Å². The van der Waals surface area contributed by atoms with Crippen LogP contribution in [-0.2, 0) is 0 Å². The fourth-order valence-electron chi connectivity index (χ4n) is 7.03. The summed E-state index contributed by atoms with van der Waals surface area (Å²) in [6.45, 7) is 1.93. The standard InChI is InChI=1S/C24H30N4O/c29-23(27-24-13-16-10-17(14-24)12-18(11-16)15-24)21-22(28-8-4-1-5-9-28)26-20-7-3-2-6-19(20)25-21/h2-3,6-7,16-18H,1,4-5,8-15H2,(H,27,29). The van der Waals surface area contributed by atoms with Crippen LogP contribution in [0.2, 0.25) is 0 Å². The predicted molar refractivity (Wildman–Crippen MR) is 114 cm³/mol. The maximum absolute atomic E-state index is 13.6. The molecule has 4 saturated carbocycles. The van der Waals surface area contributed by atoms with E-state index in [4.69, 9.17) is 9.97 Å². The lowest BCUT2D eigenvalue weighted by Gasteiger charge is -2.56. The molecule has 0 radical (unpaired) electrons. The molecule has 29 heavy (non-hydrogen) atoms. The first-order valence-electron chi connectivity index (χ1n) is 11.5. The molecule has 2 heterocycles. The number of amides is 1. The van der Waals surface area contributed by atoms with Crippen molar-refractivity contribution in [1.82, 2.24) is 15.3 Å². The number of para-hydroxylation sites is 2. The van der Waals surface area contributed by atoms with Gasteiger partial charge in [-0.15, -0.1) is 0 Å². The summed E-state index contributed by atoms with van der Waals surface area (Å²) in [5, 5.41) is 3.52. The lowest BCUT2D eigenvalue weighted by molar-refractivity contribution is -0.0167. The van der Waals surface area contributed by atoms with E-state index < -0.39 is 0 Å². The molecule has 7 rings (SSSR count). The molecule has 4 aliphatic carbocycles. The van der Waals surface area contributed by atoms with Crippen molar-refractivity contribution in [3.8, 4) is 0 Å². The molecule has 5 nitrogen and oxygen atoms in total. The number of hydrogen-bond acceptors (Lipinski definition) is 4. The van der Waals surface area contributed by atoms with Crippen LogP contribution in [-0.4, -0.2) is 34.5 Å². The van der Waals surface area contributed by atoms with Crippen LogP contribution in [0.1, 0.15) is 68.3 Å². The van der Waals surface area contributed by atoms with E-state index in [9.17, 15) is 4.79 Å². The number of piperidine rings is 1. The van der Waals surface area contributed by atoms with Gasteiger partial charge in [0.05, 0.1) is 11.0 Å². The molecule has 1 N–H and O–H groups in total. The molecule has 1 aromatic carbocycles. The summed E-state index contributed by atoms with van der Waals surface area (Å²) in [5.74, 6) is 3.21. The number of aromatic nitrogens is 2. The maximum atomic E-state index is 13.6. The van der Waals surface area contributed by atoms with E-state index in [1.54, 1.807) is 0 Å². The number of rotatable bonds is 3. The molecule has 5 fully saturated rings. The van der Waals surface area contributed by atoms with Gasteiger partial charge in [0, 0.05) is 18.6 Å². The highest BCUT2D eigenvalue weighted by molar-refractivity contribution is 5.99. The molecule has 0 atom stereocenters.